The zero-order valence-corrected chi connectivity index (χ0v) is 17.1. The molecule has 30 heavy (non-hydrogen) atoms. The van der Waals surface area contributed by atoms with Crippen LogP contribution < -0.4 is 4.72 Å². The first-order valence-electron chi connectivity index (χ1n) is 9.53. The molecule has 1 fully saturated rings. The van der Waals surface area contributed by atoms with Gasteiger partial charge in [0.05, 0.1) is 11.8 Å². The minimum atomic E-state index is -3.89. The fourth-order valence-corrected chi connectivity index (χ4v) is 4.63. The first-order chi connectivity index (χ1) is 14.3. The van der Waals surface area contributed by atoms with Crippen molar-refractivity contribution in [3.8, 4) is 11.5 Å². The highest BCUT2D eigenvalue weighted by atomic mass is 32.2. The van der Waals surface area contributed by atoms with Crippen LogP contribution in [0.4, 0.5) is 4.39 Å². The summed E-state index contributed by atoms with van der Waals surface area (Å²) in [5.74, 6) is -0.152. The second-order valence-corrected chi connectivity index (χ2v) is 8.88. The molecule has 1 amide bonds. The van der Waals surface area contributed by atoms with Crippen LogP contribution in [0.15, 0.2) is 45.8 Å². The van der Waals surface area contributed by atoms with Crippen molar-refractivity contribution in [1.29, 1.82) is 0 Å². The van der Waals surface area contributed by atoms with E-state index in [2.05, 4.69) is 14.9 Å². The summed E-state index contributed by atoms with van der Waals surface area (Å²) in [6.07, 6.45) is 3.34. The average Bonchev–Trinajstić information content (AvgIpc) is 3.47. The summed E-state index contributed by atoms with van der Waals surface area (Å²) in [5.41, 5.74) is 1.30. The SMILES string of the molecule is Cc1oc(-c2[nH]ncc2C(=O)N2CCCC2)cc1S(=O)(=O)NCc1ccc(F)cc1. The maximum absolute atomic E-state index is 13.0. The molecule has 0 radical (unpaired) electrons. The monoisotopic (exact) mass is 432 g/mol. The summed E-state index contributed by atoms with van der Waals surface area (Å²) in [5, 5.41) is 6.69. The molecule has 0 atom stereocenters. The number of aromatic amines is 1. The summed E-state index contributed by atoms with van der Waals surface area (Å²) in [6, 6.07) is 6.92. The number of H-pyrrole nitrogens is 1. The molecule has 3 heterocycles. The largest absolute Gasteiger partial charge is 0.458 e. The number of aryl methyl sites for hydroxylation is 1. The van der Waals surface area contributed by atoms with E-state index in [0.29, 0.717) is 29.9 Å². The third-order valence-electron chi connectivity index (χ3n) is 5.05. The lowest BCUT2D eigenvalue weighted by Crippen LogP contribution is -2.27. The fraction of sp³-hybridized carbons (Fsp3) is 0.300. The van der Waals surface area contributed by atoms with Crippen LogP contribution in [0, 0.1) is 12.7 Å². The summed E-state index contributed by atoms with van der Waals surface area (Å²) >= 11 is 0. The number of amides is 1. The molecule has 2 N–H and O–H groups in total. The summed E-state index contributed by atoms with van der Waals surface area (Å²) in [7, 11) is -3.89. The van der Waals surface area contributed by atoms with Crippen LogP contribution in [0.1, 0.15) is 34.5 Å². The van der Waals surface area contributed by atoms with Crippen molar-refractivity contribution in [3.05, 3.63) is 59.2 Å². The first-order valence-corrected chi connectivity index (χ1v) is 11.0. The van der Waals surface area contributed by atoms with Gasteiger partial charge in [-0.15, -0.1) is 0 Å². The van der Waals surface area contributed by atoms with E-state index in [1.807, 2.05) is 0 Å². The van der Waals surface area contributed by atoms with Crippen LogP contribution in [0.3, 0.4) is 0 Å². The topological polar surface area (TPSA) is 108 Å². The Morgan fingerprint density at radius 2 is 1.97 bits per heavy atom. The van der Waals surface area contributed by atoms with Gasteiger partial charge in [0.2, 0.25) is 10.0 Å². The van der Waals surface area contributed by atoms with Crippen molar-refractivity contribution < 1.29 is 22.0 Å². The van der Waals surface area contributed by atoms with E-state index in [0.717, 1.165) is 12.8 Å². The van der Waals surface area contributed by atoms with E-state index in [4.69, 9.17) is 4.42 Å². The predicted octanol–water partition coefficient (Wildman–Crippen LogP) is 2.83. The Balaban J connectivity index is 1.57. The van der Waals surface area contributed by atoms with Gasteiger partial charge < -0.3 is 9.32 Å². The lowest BCUT2D eigenvalue weighted by molar-refractivity contribution is 0.0793. The Bertz CT molecular complexity index is 1160. The number of halogens is 1. The number of carbonyl (C=O) groups is 1. The van der Waals surface area contributed by atoms with E-state index in [1.54, 1.807) is 4.90 Å². The Labute approximate surface area is 173 Å². The maximum Gasteiger partial charge on any atom is 0.257 e. The number of likely N-dealkylation sites (tertiary alicyclic amines) is 1. The van der Waals surface area contributed by atoms with Crippen LogP contribution in [0.2, 0.25) is 0 Å². The number of nitrogens with one attached hydrogen (secondary N) is 2. The highest BCUT2D eigenvalue weighted by Crippen LogP contribution is 2.30. The van der Waals surface area contributed by atoms with Crippen LogP contribution in [0.25, 0.3) is 11.5 Å². The second-order valence-electron chi connectivity index (χ2n) is 7.14. The second kappa shape index (κ2) is 8.04. The molecule has 8 nitrogen and oxygen atoms in total. The molecule has 0 unspecified atom stereocenters. The third-order valence-corrected chi connectivity index (χ3v) is 6.56. The molecule has 2 aromatic heterocycles. The van der Waals surface area contributed by atoms with Crippen molar-refractivity contribution in [3.63, 3.8) is 0 Å². The number of carbonyl (C=O) groups excluding carboxylic acids is 1. The minimum absolute atomic E-state index is 0.00528. The molecular weight excluding hydrogens is 411 g/mol. The van der Waals surface area contributed by atoms with Crippen molar-refractivity contribution in [2.45, 2.75) is 31.2 Å². The van der Waals surface area contributed by atoms with E-state index in [9.17, 15) is 17.6 Å². The van der Waals surface area contributed by atoms with Gasteiger partial charge in [0.1, 0.15) is 22.2 Å². The number of hydrogen-bond acceptors (Lipinski definition) is 5. The molecular formula is C20H21FN4O4S. The van der Waals surface area contributed by atoms with E-state index in [-0.39, 0.29) is 28.9 Å². The zero-order chi connectivity index (χ0) is 21.3. The molecule has 1 aliphatic rings. The number of benzene rings is 1. The van der Waals surface area contributed by atoms with E-state index < -0.39 is 15.8 Å². The smallest absolute Gasteiger partial charge is 0.257 e. The molecule has 10 heteroatoms. The lowest BCUT2D eigenvalue weighted by atomic mass is 10.2. The fourth-order valence-electron chi connectivity index (χ4n) is 3.44. The van der Waals surface area contributed by atoms with Gasteiger partial charge in [-0.1, -0.05) is 12.1 Å². The van der Waals surface area contributed by atoms with Gasteiger partial charge in [-0.05, 0) is 37.5 Å². The Morgan fingerprint density at radius 1 is 1.27 bits per heavy atom. The van der Waals surface area contributed by atoms with Gasteiger partial charge in [0.25, 0.3) is 5.91 Å². The van der Waals surface area contributed by atoms with Gasteiger partial charge >= 0.3 is 0 Å². The first kappa shape index (κ1) is 20.3. The number of sulfonamides is 1. The van der Waals surface area contributed by atoms with Crippen LogP contribution in [-0.4, -0.2) is 42.5 Å². The van der Waals surface area contributed by atoms with E-state index >= 15 is 0 Å². The molecule has 1 aromatic carbocycles. The zero-order valence-electron chi connectivity index (χ0n) is 16.3. The van der Waals surface area contributed by atoms with Gasteiger partial charge in [-0.25, -0.2) is 17.5 Å². The molecule has 158 valence electrons. The van der Waals surface area contributed by atoms with Crippen LogP contribution in [-0.2, 0) is 16.6 Å². The molecule has 4 rings (SSSR count). The Hall–Kier alpha value is -2.98. The van der Waals surface area contributed by atoms with Gasteiger partial charge in [-0.2, -0.15) is 5.10 Å². The standard InChI is InChI=1S/C20H21FN4O4S/c1-13-18(30(27,28)23-11-14-4-6-15(21)7-5-14)10-17(29-13)19-16(12-22-24-19)20(26)25-8-2-3-9-25/h4-7,10,12,23H,2-3,8-9,11H2,1H3,(H,22,24). The Morgan fingerprint density at radius 3 is 2.67 bits per heavy atom. The van der Waals surface area contributed by atoms with Crippen LogP contribution >= 0.6 is 0 Å². The number of nitrogens with zero attached hydrogens (tertiary/aromatic N) is 2. The molecule has 0 bridgehead atoms. The van der Waals surface area contributed by atoms with Gasteiger partial charge in [0.15, 0.2) is 5.76 Å². The highest BCUT2D eigenvalue weighted by molar-refractivity contribution is 7.89. The van der Waals surface area contributed by atoms with Crippen molar-refractivity contribution >= 4 is 15.9 Å². The van der Waals surface area contributed by atoms with Crippen molar-refractivity contribution in [2.24, 2.45) is 0 Å². The normalized spacial score (nSPS) is 14.4. The number of rotatable bonds is 6. The van der Waals surface area contributed by atoms with E-state index in [1.165, 1.54) is 43.5 Å². The summed E-state index contributed by atoms with van der Waals surface area (Å²) in [4.78, 5) is 14.4. The molecule has 1 saturated heterocycles. The summed E-state index contributed by atoms with van der Waals surface area (Å²) in [6.45, 7) is 2.92. The maximum atomic E-state index is 13.0. The number of hydrogen-bond donors (Lipinski definition) is 2. The van der Waals surface area contributed by atoms with Crippen molar-refractivity contribution in [1.82, 2.24) is 19.8 Å². The average molecular weight is 432 g/mol. The number of aromatic nitrogens is 2. The lowest BCUT2D eigenvalue weighted by Gasteiger charge is -2.14. The molecule has 0 spiro atoms. The van der Waals surface area contributed by atoms with Gasteiger partial charge in [0, 0.05) is 25.7 Å². The quantitative estimate of drug-likeness (QED) is 0.623. The molecule has 0 aliphatic carbocycles. The minimum Gasteiger partial charge on any atom is -0.458 e. The summed E-state index contributed by atoms with van der Waals surface area (Å²) < 4.78 is 46.7. The van der Waals surface area contributed by atoms with Crippen LogP contribution in [0.5, 0.6) is 0 Å². The Kier molecular flexibility index (Phi) is 5.44. The predicted molar refractivity (Wildman–Crippen MR) is 107 cm³/mol. The molecule has 3 aromatic rings. The number of furan rings is 1. The van der Waals surface area contributed by atoms with Crippen molar-refractivity contribution in [2.75, 3.05) is 13.1 Å². The third kappa shape index (κ3) is 4.01. The van der Waals surface area contributed by atoms with Gasteiger partial charge in [-0.3, -0.25) is 9.89 Å². The molecule has 0 saturated carbocycles. The highest BCUT2D eigenvalue weighted by Gasteiger charge is 2.27. The molecule has 1 aliphatic heterocycles.